The number of rotatable bonds is 7. The molecule has 0 aliphatic carbocycles. The van der Waals surface area contributed by atoms with Gasteiger partial charge in [0, 0.05) is 11.9 Å². The fraction of sp³-hybridized carbons (Fsp3) is 0.538. The second-order valence-electron chi connectivity index (χ2n) is 4.83. The molecule has 0 aliphatic heterocycles. The highest BCUT2D eigenvalue weighted by molar-refractivity contribution is 9.09. The molecule has 0 heterocycles. The maximum atomic E-state index is 12.6. The molecule has 3 nitrogen and oxygen atoms in total. The third kappa shape index (κ3) is 5.96. The molecule has 1 atom stereocenters. The van der Waals surface area contributed by atoms with Crippen LogP contribution < -0.4 is 4.72 Å². The van der Waals surface area contributed by atoms with E-state index in [1.165, 1.54) is 0 Å². The van der Waals surface area contributed by atoms with E-state index in [0.29, 0.717) is 18.4 Å². The van der Waals surface area contributed by atoms with E-state index in [1.54, 1.807) is 0 Å². The topological polar surface area (TPSA) is 46.2 Å². The Morgan fingerprint density at radius 3 is 2.57 bits per heavy atom. The second-order valence-corrected chi connectivity index (χ2v) is 7.24. The summed E-state index contributed by atoms with van der Waals surface area (Å²) in [6.07, 6.45) is -3.10. The molecule has 1 rings (SSSR count). The van der Waals surface area contributed by atoms with Crippen molar-refractivity contribution in [3.8, 4) is 0 Å². The Balaban J connectivity index is 2.71. The van der Waals surface area contributed by atoms with E-state index in [1.807, 2.05) is 6.92 Å². The number of hydrogen-bond donors (Lipinski definition) is 1. The molecule has 0 aromatic heterocycles. The second kappa shape index (κ2) is 7.60. The van der Waals surface area contributed by atoms with E-state index in [-0.39, 0.29) is 11.4 Å². The minimum absolute atomic E-state index is 0.204. The highest BCUT2D eigenvalue weighted by Gasteiger charge is 2.31. The fourth-order valence-corrected chi connectivity index (χ4v) is 3.10. The van der Waals surface area contributed by atoms with Crippen LogP contribution in [0, 0.1) is 5.92 Å². The van der Waals surface area contributed by atoms with Gasteiger partial charge in [0.05, 0.1) is 10.5 Å². The maximum absolute atomic E-state index is 12.6. The van der Waals surface area contributed by atoms with Crippen LogP contribution in [0.4, 0.5) is 13.2 Å². The molecule has 1 unspecified atom stereocenters. The normalized spacial score (nSPS) is 14.1. The van der Waals surface area contributed by atoms with Gasteiger partial charge in [-0.1, -0.05) is 28.9 Å². The van der Waals surface area contributed by atoms with E-state index in [9.17, 15) is 21.6 Å². The molecule has 0 spiro atoms. The van der Waals surface area contributed by atoms with Gasteiger partial charge < -0.3 is 0 Å². The van der Waals surface area contributed by atoms with E-state index in [0.717, 1.165) is 30.0 Å². The summed E-state index contributed by atoms with van der Waals surface area (Å²) in [6, 6.07) is 3.73. The van der Waals surface area contributed by atoms with Crippen molar-refractivity contribution in [2.24, 2.45) is 5.92 Å². The summed E-state index contributed by atoms with van der Waals surface area (Å²) in [5.74, 6) is 0.420. The molecule has 1 aromatic rings. The largest absolute Gasteiger partial charge is 0.416 e. The summed E-state index contributed by atoms with van der Waals surface area (Å²) in [5, 5.41) is 0.827. The van der Waals surface area contributed by atoms with E-state index < -0.39 is 21.8 Å². The molecule has 8 heteroatoms. The van der Waals surface area contributed by atoms with Gasteiger partial charge in [0.1, 0.15) is 0 Å². The molecule has 1 N–H and O–H groups in total. The van der Waals surface area contributed by atoms with Crippen molar-refractivity contribution in [1.29, 1.82) is 0 Å². The molecule has 0 amide bonds. The third-order valence-corrected chi connectivity index (χ3v) is 5.46. The van der Waals surface area contributed by atoms with Gasteiger partial charge in [-0.2, -0.15) is 13.2 Å². The molecular formula is C13H17BrF3NO2S. The molecule has 0 radical (unpaired) electrons. The van der Waals surface area contributed by atoms with E-state index in [4.69, 9.17) is 0 Å². The zero-order chi connectivity index (χ0) is 16.1. The third-order valence-electron chi connectivity index (χ3n) is 2.90. The lowest BCUT2D eigenvalue weighted by atomic mass is 10.1. The van der Waals surface area contributed by atoms with Crippen molar-refractivity contribution < 1.29 is 21.6 Å². The van der Waals surface area contributed by atoms with Gasteiger partial charge in [-0.05, 0) is 37.0 Å². The maximum Gasteiger partial charge on any atom is 0.416 e. The van der Waals surface area contributed by atoms with Crippen molar-refractivity contribution in [3.05, 3.63) is 29.8 Å². The van der Waals surface area contributed by atoms with Gasteiger partial charge in [-0.3, -0.25) is 0 Å². The van der Waals surface area contributed by atoms with Gasteiger partial charge in [0.15, 0.2) is 0 Å². The molecular weight excluding hydrogens is 371 g/mol. The number of nitrogens with one attached hydrogen (secondary N) is 1. The van der Waals surface area contributed by atoms with Crippen molar-refractivity contribution >= 4 is 26.0 Å². The van der Waals surface area contributed by atoms with Crippen LogP contribution in [0.1, 0.15) is 25.3 Å². The van der Waals surface area contributed by atoms with Crippen molar-refractivity contribution in [2.75, 3.05) is 11.9 Å². The Morgan fingerprint density at radius 1 is 1.33 bits per heavy atom. The molecule has 0 bridgehead atoms. The number of alkyl halides is 4. The van der Waals surface area contributed by atoms with Crippen LogP contribution in [0.2, 0.25) is 0 Å². The van der Waals surface area contributed by atoms with Crippen molar-refractivity contribution in [3.63, 3.8) is 0 Å². The molecule has 1 aromatic carbocycles. The minimum Gasteiger partial charge on any atom is -0.211 e. The van der Waals surface area contributed by atoms with Gasteiger partial charge >= 0.3 is 6.18 Å². The standard InChI is InChI=1S/C13H17BrF3NO2S/c1-10(9-14)4-3-7-18-21(19,20)12-6-2-5-11(8-12)13(15,16)17/h2,5-6,8,10,18H,3-4,7,9H2,1H3. The smallest absolute Gasteiger partial charge is 0.211 e. The predicted molar refractivity (Wildman–Crippen MR) is 78.8 cm³/mol. The lowest BCUT2D eigenvalue weighted by Gasteiger charge is -2.11. The first-order chi connectivity index (χ1) is 9.66. The fourth-order valence-electron chi connectivity index (χ4n) is 1.66. The van der Waals surface area contributed by atoms with Crippen LogP contribution >= 0.6 is 15.9 Å². The Bertz CT molecular complexity index is 561. The Hall–Kier alpha value is -0.600. The van der Waals surface area contributed by atoms with E-state index in [2.05, 4.69) is 20.7 Å². The van der Waals surface area contributed by atoms with Crippen LogP contribution in [-0.2, 0) is 16.2 Å². The number of sulfonamides is 1. The molecule has 0 aliphatic rings. The van der Waals surface area contributed by atoms with Gasteiger partial charge in [0.2, 0.25) is 10.0 Å². The highest BCUT2D eigenvalue weighted by atomic mass is 79.9. The number of hydrogen-bond acceptors (Lipinski definition) is 2. The van der Waals surface area contributed by atoms with Crippen LogP contribution in [0.25, 0.3) is 0 Å². The molecule has 21 heavy (non-hydrogen) atoms. The predicted octanol–water partition coefficient (Wildman–Crippen LogP) is 3.79. The van der Waals surface area contributed by atoms with Crippen LogP contribution in [0.15, 0.2) is 29.2 Å². The number of benzene rings is 1. The van der Waals surface area contributed by atoms with Gasteiger partial charge in [-0.15, -0.1) is 0 Å². The molecule has 0 saturated carbocycles. The Labute approximate surface area is 131 Å². The SMILES string of the molecule is CC(CBr)CCCNS(=O)(=O)c1cccc(C(F)(F)F)c1. The summed E-state index contributed by atoms with van der Waals surface area (Å²) in [5.41, 5.74) is -0.974. The highest BCUT2D eigenvalue weighted by Crippen LogP contribution is 2.30. The van der Waals surface area contributed by atoms with Crippen LogP contribution in [0.3, 0.4) is 0 Å². The summed E-state index contributed by atoms with van der Waals surface area (Å²) >= 11 is 3.32. The summed E-state index contributed by atoms with van der Waals surface area (Å²) < 4.78 is 63.9. The quantitative estimate of drug-likeness (QED) is 0.571. The molecule has 0 fully saturated rings. The first-order valence-electron chi connectivity index (χ1n) is 6.39. The van der Waals surface area contributed by atoms with E-state index >= 15 is 0 Å². The zero-order valence-electron chi connectivity index (χ0n) is 11.5. The Morgan fingerprint density at radius 2 is 2.00 bits per heavy atom. The van der Waals surface area contributed by atoms with Crippen molar-refractivity contribution in [1.82, 2.24) is 4.72 Å². The molecule has 0 saturated heterocycles. The summed E-state index contributed by atoms with van der Waals surface area (Å²) in [6.45, 7) is 2.23. The number of halogens is 4. The minimum atomic E-state index is -4.56. The van der Waals surface area contributed by atoms with Crippen LogP contribution in [-0.4, -0.2) is 20.3 Å². The lowest BCUT2D eigenvalue weighted by Crippen LogP contribution is -2.25. The Kier molecular flexibility index (Phi) is 6.68. The van der Waals surface area contributed by atoms with Crippen LogP contribution in [0.5, 0.6) is 0 Å². The lowest BCUT2D eigenvalue weighted by molar-refractivity contribution is -0.137. The zero-order valence-corrected chi connectivity index (χ0v) is 13.9. The van der Waals surface area contributed by atoms with Gasteiger partial charge in [0.25, 0.3) is 0 Å². The van der Waals surface area contributed by atoms with Crippen molar-refractivity contribution in [2.45, 2.75) is 30.8 Å². The first kappa shape index (κ1) is 18.4. The first-order valence-corrected chi connectivity index (χ1v) is 9.00. The average Bonchev–Trinajstić information content (AvgIpc) is 2.42. The monoisotopic (exact) mass is 387 g/mol. The summed E-state index contributed by atoms with van der Waals surface area (Å²) in [4.78, 5) is -0.370. The summed E-state index contributed by atoms with van der Waals surface area (Å²) in [7, 11) is -3.91. The van der Waals surface area contributed by atoms with Gasteiger partial charge in [-0.25, -0.2) is 13.1 Å². The molecule has 120 valence electrons. The average molecular weight is 388 g/mol.